The first-order valence-electron chi connectivity index (χ1n) is 12.3. The summed E-state index contributed by atoms with van der Waals surface area (Å²) in [6.45, 7) is 5.09. The van der Waals surface area contributed by atoms with Crippen LogP contribution in [0.15, 0.2) is 41.7 Å². The number of rotatable bonds is 11. The Labute approximate surface area is 224 Å². The first kappa shape index (κ1) is 28.6. The van der Waals surface area contributed by atoms with Crippen molar-refractivity contribution in [3.63, 3.8) is 0 Å². The number of para-hydroxylation sites is 2. The van der Waals surface area contributed by atoms with Crippen LogP contribution in [0.4, 0.5) is 10.2 Å². The molecule has 0 radical (unpaired) electrons. The summed E-state index contributed by atoms with van der Waals surface area (Å²) >= 11 is 0. The van der Waals surface area contributed by atoms with Crippen molar-refractivity contribution >= 4 is 31.1 Å². The summed E-state index contributed by atoms with van der Waals surface area (Å²) in [4.78, 5) is 36.6. The number of benzene rings is 1. The van der Waals surface area contributed by atoms with Crippen molar-refractivity contribution in [3.8, 4) is 11.5 Å². The number of fused-ring (bicyclic) bond motifs is 1. The van der Waals surface area contributed by atoms with Crippen LogP contribution in [0, 0.1) is 0 Å². The van der Waals surface area contributed by atoms with E-state index in [-0.39, 0.29) is 18.1 Å². The lowest BCUT2D eigenvalue weighted by atomic mass is 9.98. The van der Waals surface area contributed by atoms with Gasteiger partial charge in [-0.2, -0.15) is 0 Å². The molecule has 3 aromatic rings. The van der Waals surface area contributed by atoms with Gasteiger partial charge in [0.15, 0.2) is 40.7 Å². The average Bonchev–Trinajstić information content (AvgIpc) is 3.44. The number of anilines is 1. The number of hydrogen-bond donors (Lipinski definition) is 2. The van der Waals surface area contributed by atoms with Crippen molar-refractivity contribution in [1.82, 2.24) is 19.5 Å². The lowest BCUT2D eigenvalue weighted by Gasteiger charge is -2.24. The van der Waals surface area contributed by atoms with Crippen LogP contribution in [0.25, 0.3) is 11.2 Å². The molecule has 0 amide bonds. The van der Waals surface area contributed by atoms with Crippen LogP contribution in [0.2, 0.25) is 0 Å². The molecule has 1 aliphatic rings. The van der Waals surface area contributed by atoms with Gasteiger partial charge in [-0.1, -0.05) is 23.8 Å². The van der Waals surface area contributed by atoms with E-state index in [1.165, 1.54) is 44.2 Å². The first-order valence-corrected chi connectivity index (χ1v) is 13.4. The Hall–Kier alpha value is -3.45. The van der Waals surface area contributed by atoms with Crippen molar-refractivity contribution in [2.24, 2.45) is 4.74 Å². The second-order valence-corrected chi connectivity index (χ2v) is 9.89. The second kappa shape index (κ2) is 12.2. The van der Waals surface area contributed by atoms with Gasteiger partial charge < -0.3 is 29.5 Å². The number of alkyl halides is 1. The number of aromatic nitrogens is 4. The lowest BCUT2D eigenvalue weighted by molar-refractivity contribution is -0.169. The third-order valence-corrected chi connectivity index (χ3v) is 7.00. The van der Waals surface area contributed by atoms with E-state index in [0.29, 0.717) is 23.5 Å². The Kier molecular flexibility index (Phi) is 8.90. The number of aliphatic hydroxyl groups excluding tert-OH is 1. The van der Waals surface area contributed by atoms with E-state index in [2.05, 4.69) is 29.8 Å². The number of imidazole rings is 1. The maximum Gasteiger partial charge on any atom is 0.395 e. The SMILES string of the molecule is CCCNc1ncnc2c1ncn2[C@@H]1O[C@H](COc2ccccc2O/[P+]([O-])=N/[C@@H](C)C(=O)OC)[C@@H](O)[C@@]1(C)F. The minimum atomic E-state index is -2.63. The third kappa shape index (κ3) is 6.09. The maximum absolute atomic E-state index is 15.9. The molecule has 0 spiro atoms. The van der Waals surface area contributed by atoms with E-state index in [4.69, 9.17) is 14.0 Å². The smallest absolute Gasteiger partial charge is 0.395 e. The highest BCUT2D eigenvalue weighted by molar-refractivity contribution is 7.34. The fourth-order valence-corrected chi connectivity index (χ4v) is 4.77. The Balaban J connectivity index is 1.49. The average molecular weight is 565 g/mol. The van der Waals surface area contributed by atoms with Gasteiger partial charge in [0.2, 0.25) is 5.75 Å². The normalized spacial score (nSPS) is 24.0. The van der Waals surface area contributed by atoms with Gasteiger partial charge >= 0.3 is 14.1 Å². The molecule has 2 N–H and O–H groups in total. The van der Waals surface area contributed by atoms with Crippen LogP contribution in [0.5, 0.6) is 11.5 Å². The number of esters is 1. The molecule has 0 bridgehead atoms. The van der Waals surface area contributed by atoms with E-state index in [0.717, 1.165) is 6.42 Å². The van der Waals surface area contributed by atoms with E-state index in [1.807, 2.05) is 6.92 Å². The van der Waals surface area contributed by atoms with Gasteiger partial charge in [-0.3, -0.25) is 9.09 Å². The molecule has 0 aliphatic carbocycles. The summed E-state index contributed by atoms with van der Waals surface area (Å²) in [6, 6.07) is 5.33. The van der Waals surface area contributed by atoms with Gasteiger partial charge in [0, 0.05) is 6.54 Å². The quantitative estimate of drug-likeness (QED) is 0.260. The van der Waals surface area contributed by atoms with Gasteiger partial charge in [-0.05, 0) is 32.4 Å². The predicted octanol–water partition coefficient (Wildman–Crippen LogP) is 2.51. The fourth-order valence-electron chi connectivity index (χ4n) is 4.03. The van der Waals surface area contributed by atoms with Crippen LogP contribution < -0.4 is 19.5 Å². The Morgan fingerprint density at radius 1 is 1.36 bits per heavy atom. The lowest BCUT2D eigenvalue weighted by Crippen LogP contribution is -2.41. The molecule has 13 nitrogen and oxygen atoms in total. The van der Waals surface area contributed by atoms with Crippen molar-refractivity contribution in [2.75, 3.05) is 25.6 Å². The number of nitrogens with zero attached hydrogens (tertiary/aromatic N) is 5. The molecule has 1 aromatic carbocycles. The number of methoxy groups -OCH3 is 1. The molecule has 3 heterocycles. The fraction of sp³-hybridized carbons (Fsp3) is 0.500. The van der Waals surface area contributed by atoms with Gasteiger partial charge in [0.05, 0.1) is 13.4 Å². The van der Waals surface area contributed by atoms with Crippen molar-refractivity contribution in [3.05, 3.63) is 36.9 Å². The number of carbonyl (C=O) groups excluding carboxylic acids is 1. The molecule has 2 aromatic heterocycles. The molecule has 1 saturated heterocycles. The van der Waals surface area contributed by atoms with E-state index >= 15 is 4.39 Å². The van der Waals surface area contributed by atoms with Crippen molar-refractivity contribution < 1.29 is 37.9 Å². The summed E-state index contributed by atoms with van der Waals surface area (Å²) < 4.78 is 42.7. The van der Waals surface area contributed by atoms with Crippen LogP contribution in [0.3, 0.4) is 0 Å². The van der Waals surface area contributed by atoms with Crippen LogP contribution >= 0.6 is 8.17 Å². The van der Waals surface area contributed by atoms with Crippen molar-refractivity contribution in [2.45, 2.75) is 57.3 Å². The predicted molar refractivity (Wildman–Crippen MR) is 137 cm³/mol. The molecule has 4 rings (SSSR count). The molecule has 6 atom stereocenters. The minimum Gasteiger partial charge on any atom is -0.575 e. The van der Waals surface area contributed by atoms with E-state index in [1.54, 1.807) is 18.2 Å². The van der Waals surface area contributed by atoms with E-state index < -0.39 is 44.3 Å². The van der Waals surface area contributed by atoms with Gasteiger partial charge in [0.1, 0.15) is 25.1 Å². The number of aliphatic hydroxyl groups is 1. The van der Waals surface area contributed by atoms with E-state index in [9.17, 15) is 14.8 Å². The number of nitrogens with one attached hydrogen (secondary N) is 1. The van der Waals surface area contributed by atoms with Crippen LogP contribution in [-0.2, 0) is 14.3 Å². The highest BCUT2D eigenvalue weighted by Gasteiger charge is 2.55. The third-order valence-electron chi connectivity index (χ3n) is 6.11. The molecule has 39 heavy (non-hydrogen) atoms. The summed E-state index contributed by atoms with van der Waals surface area (Å²) in [5, 5.41) is 14.0. The van der Waals surface area contributed by atoms with Crippen LogP contribution in [-0.4, -0.2) is 74.8 Å². The monoisotopic (exact) mass is 564 g/mol. The molecule has 1 aliphatic heterocycles. The van der Waals surface area contributed by atoms with Crippen molar-refractivity contribution in [1.29, 1.82) is 0 Å². The zero-order valence-corrected chi connectivity index (χ0v) is 22.7. The molecule has 210 valence electrons. The molecular formula is C24H30FN6O7P. The Bertz CT molecular complexity index is 1340. The molecule has 0 saturated carbocycles. The highest BCUT2D eigenvalue weighted by atomic mass is 31.1. The minimum absolute atomic E-state index is 0.0795. The zero-order chi connectivity index (χ0) is 28.2. The van der Waals surface area contributed by atoms with Crippen LogP contribution in [0.1, 0.15) is 33.4 Å². The Morgan fingerprint density at radius 2 is 2.10 bits per heavy atom. The number of halogens is 1. The second-order valence-electron chi connectivity index (χ2n) is 9.00. The summed E-state index contributed by atoms with van der Waals surface area (Å²) in [5.74, 6) is 0.0976. The first-order chi connectivity index (χ1) is 18.7. The Morgan fingerprint density at radius 3 is 2.82 bits per heavy atom. The standard InChI is InChI=1S/C24H30FN6O7P/c1-5-10-26-20-18-21(28-12-27-20)31(13-29-18)23-24(3,25)19(32)17(37-23)11-36-15-8-6-7-9-16(15)38-39(34)30-14(2)22(33)35-4/h6-9,12-14,17,19,23,32H,5,10-11H2,1-4H3,(H,26,27,28)/t14-,17+,19+,23+,24+/m0/s1. The molecule has 1 fully saturated rings. The van der Waals surface area contributed by atoms with Gasteiger partial charge in [-0.15, -0.1) is 0 Å². The number of carbonyl (C=O) groups is 1. The summed E-state index contributed by atoms with van der Waals surface area (Å²) in [5.41, 5.74) is -1.42. The number of ether oxygens (including phenoxy) is 3. The maximum atomic E-state index is 15.9. The van der Waals surface area contributed by atoms with Gasteiger partial charge in [0.25, 0.3) is 0 Å². The molecule has 15 heteroatoms. The van der Waals surface area contributed by atoms with Gasteiger partial charge in [-0.25, -0.2) is 24.1 Å². The number of hydrogen-bond acceptors (Lipinski definition) is 12. The molecular weight excluding hydrogens is 534 g/mol. The highest BCUT2D eigenvalue weighted by Crippen LogP contribution is 2.43. The zero-order valence-electron chi connectivity index (χ0n) is 21.9. The topological polar surface area (TPSA) is 165 Å². The largest absolute Gasteiger partial charge is 0.575 e. The summed E-state index contributed by atoms with van der Waals surface area (Å²) in [6.07, 6.45) is -0.263. The summed E-state index contributed by atoms with van der Waals surface area (Å²) in [7, 11) is -1.43. The molecule has 1 unspecified atom stereocenters.